The van der Waals surface area contributed by atoms with Gasteiger partial charge in [0, 0.05) is 55.4 Å². The second kappa shape index (κ2) is 9.35. The zero-order chi connectivity index (χ0) is 21.8. The average Bonchev–Trinajstić information content (AvgIpc) is 3.23. The van der Waals surface area contributed by atoms with E-state index in [0.29, 0.717) is 12.5 Å². The average molecular weight is 425 g/mol. The minimum atomic E-state index is 0.152. The van der Waals surface area contributed by atoms with Crippen molar-refractivity contribution in [2.45, 2.75) is 32.2 Å². The topological polar surface area (TPSA) is 51.0 Å². The molecule has 0 spiro atoms. The summed E-state index contributed by atoms with van der Waals surface area (Å²) in [5.41, 5.74) is 3.23. The number of fused-ring (bicyclic) bond motifs is 1. The van der Waals surface area contributed by atoms with E-state index in [2.05, 4.69) is 39.1 Å². The number of pyridine rings is 1. The summed E-state index contributed by atoms with van der Waals surface area (Å²) in [7, 11) is 0. The van der Waals surface area contributed by atoms with E-state index in [0.717, 1.165) is 49.9 Å². The van der Waals surface area contributed by atoms with Crippen molar-refractivity contribution < 1.29 is 4.79 Å². The van der Waals surface area contributed by atoms with Crippen molar-refractivity contribution in [3.63, 3.8) is 0 Å². The fourth-order valence-electron chi connectivity index (χ4n) is 4.78. The van der Waals surface area contributed by atoms with E-state index in [9.17, 15) is 4.79 Å². The van der Waals surface area contributed by atoms with Crippen molar-refractivity contribution in [3.8, 4) is 0 Å². The van der Waals surface area contributed by atoms with Crippen molar-refractivity contribution >= 4 is 16.7 Å². The van der Waals surface area contributed by atoms with E-state index < -0.39 is 0 Å². The monoisotopic (exact) mass is 424 g/mol. The van der Waals surface area contributed by atoms with E-state index in [1.165, 1.54) is 16.3 Å². The number of nitrogens with zero attached hydrogens (tertiary/aromatic N) is 4. The van der Waals surface area contributed by atoms with Crippen molar-refractivity contribution in [3.05, 3.63) is 96.3 Å². The summed E-state index contributed by atoms with van der Waals surface area (Å²) < 4.78 is 2.00. The Morgan fingerprint density at radius 2 is 1.91 bits per heavy atom. The van der Waals surface area contributed by atoms with Gasteiger partial charge in [-0.2, -0.15) is 0 Å². The molecule has 0 saturated carbocycles. The Hall–Kier alpha value is -3.47. The van der Waals surface area contributed by atoms with Crippen LogP contribution in [0, 0.1) is 5.92 Å². The minimum absolute atomic E-state index is 0.152. The molecule has 1 amide bonds. The SMILES string of the molecule is O=C(c1ccccc1Cn1ccnc1)N1CCCC(Cc2ccc3cnccc3c2)CC1. The van der Waals surface area contributed by atoms with Gasteiger partial charge in [-0.25, -0.2) is 4.98 Å². The third kappa shape index (κ3) is 4.57. The van der Waals surface area contributed by atoms with Gasteiger partial charge in [-0.05, 0) is 60.2 Å². The molecule has 5 heteroatoms. The van der Waals surface area contributed by atoms with Crippen LogP contribution in [0.1, 0.15) is 40.7 Å². The fraction of sp³-hybridized carbons (Fsp3) is 0.296. The second-order valence-electron chi connectivity index (χ2n) is 8.74. The van der Waals surface area contributed by atoms with Gasteiger partial charge in [-0.1, -0.05) is 36.4 Å². The summed E-state index contributed by atoms with van der Waals surface area (Å²) in [6.07, 6.45) is 13.6. The van der Waals surface area contributed by atoms with Crippen molar-refractivity contribution in [2.24, 2.45) is 5.92 Å². The number of likely N-dealkylation sites (tertiary alicyclic amines) is 1. The van der Waals surface area contributed by atoms with Crippen LogP contribution < -0.4 is 0 Å². The molecule has 1 aliphatic heterocycles. The number of hydrogen-bond acceptors (Lipinski definition) is 3. The highest BCUT2D eigenvalue weighted by Crippen LogP contribution is 2.25. The summed E-state index contributed by atoms with van der Waals surface area (Å²) in [6.45, 7) is 2.31. The van der Waals surface area contributed by atoms with E-state index >= 15 is 0 Å². The van der Waals surface area contributed by atoms with Crippen LogP contribution in [0.5, 0.6) is 0 Å². The number of amides is 1. The molecule has 162 valence electrons. The Morgan fingerprint density at radius 3 is 2.81 bits per heavy atom. The molecule has 0 radical (unpaired) electrons. The zero-order valence-corrected chi connectivity index (χ0v) is 18.2. The van der Waals surface area contributed by atoms with Crippen LogP contribution in [0.25, 0.3) is 10.8 Å². The highest BCUT2D eigenvalue weighted by molar-refractivity contribution is 5.95. The third-order valence-corrected chi connectivity index (χ3v) is 6.52. The van der Waals surface area contributed by atoms with Crippen molar-refractivity contribution in [2.75, 3.05) is 13.1 Å². The van der Waals surface area contributed by atoms with E-state index in [4.69, 9.17) is 0 Å². The molecule has 32 heavy (non-hydrogen) atoms. The molecule has 0 aliphatic carbocycles. The fourth-order valence-corrected chi connectivity index (χ4v) is 4.78. The summed E-state index contributed by atoms with van der Waals surface area (Å²) in [4.78, 5) is 23.8. The molecule has 5 nitrogen and oxygen atoms in total. The van der Waals surface area contributed by atoms with E-state index in [1.54, 1.807) is 12.5 Å². The standard InChI is InChI=1S/C27H28N4O/c32-27(26-6-2-1-5-25(26)19-30-15-12-29-20-30)31-13-3-4-21(10-14-31)16-22-7-8-24-18-28-11-9-23(24)17-22/h1-2,5-9,11-12,15,17-18,20-21H,3-4,10,13-14,16,19H2. The Bertz CT molecular complexity index is 1200. The van der Waals surface area contributed by atoms with Gasteiger partial charge in [-0.3, -0.25) is 9.78 Å². The van der Waals surface area contributed by atoms with Crippen LogP contribution in [0.2, 0.25) is 0 Å². The van der Waals surface area contributed by atoms with Crippen molar-refractivity contribution in [1.29, 1.82) is 0 Å². The van der Waals surface area contributed by atoms with Gasteiger partial charge in [0.25, 0.3) is 5.91 Å². The van der Waals surface area contributed by atoms with Gasteiger partial charge in [0.2, 0.25) is 0 Å². The molecule has 1 fully saturated rings. The second-order valence-corrected chi connectivity index (χ2v) is 8.74. The lowest BCUT2D eigenvalue weighted by Crippen LogP contribution is -2.32. The number of carbonyl (C=O) groups excluding carboxylic acids is 1. The number of rotatable bonds is 5. The van der Waals surface area contributed by atoms with Crippen LogP contribution in [0.4, 0.5) is 0 Å². The summed E-state index contributed by atoms with van der Waals surface area (Å²) in [5, 5.41) is 2.43. The van der Waals surface area contributed by atoms with Crippen LogP contribution in [-0.2, 0) is 13.0 Å². The number of benzene rings is 2. The molecule has 5 rings (SSSR count). The molecular formula is C27H28N4O. The molecule has 1 atom stereocenters. The maximum atomic E-state index is 13.4. The predicted octanol–water partition coefficient (Wildman–Crippen LogP) is 4.96. The zero-order valence-electron chi connectivity index (χ0n) is 18.2. The summed E-state index contributed by atoms with van der Waals surface area (Å²) in [6, 6.07) is 16.7. The van der Waals surface area contributed by atoms with Crippen LogP contribution >= 0.6 is 0 Å². The first-order valence-electron chi connectivity index (χ1n) is 11.4. The van der Waals surface area contributed by atoms with Gasteiger partial charge in [0.1, 0.15) is 0 Å². The number of imidazole rings is 1. The molecule has 1 unspecified atom stereocenters. The highest BCUT2D eigenvalue weighted by atomic mass is 16.2. The largest absolute Gasteiger partial charge is 0.339 e. The number of carbonyl (C=O) groups is 1. The third-order valence-electron chi connectivity index (χ3n) is 6.52. The molecule has 2 aromatic carbocycles. The van der Waals surface area contributed by atoms with Crippen LogP contribution in [-0.4, -0.2) is 38.4 Å². The quantitative estimate of drug-likeness (QED) is 0.455. The van der Waals surface area contributed by atoms with E-state index in [1.807, 2.05) is 47.4 Å². The van der Waals surface area contributed by atoms with Gasteiger partial charge in [0.05, 0.1) is 6.33 Å². The molecule has 0 N–H and O–H groups in total. The first kappa shape index (κ1) is 20.4. The first-order valence-corrected chi connectivity index (χ1v) is 11.4. The first-order chi connectivity index (χ1) is 15.8. The number of hydrogen-bond donors (Lipinski definition) is 0. The maximum Gasteiger partial charge on any atom is 0.254 e. The Labute approximate surface area is 188 Å². The molecule has 4 aromatic rings. The lowest BCUT2D eigenvalue weighted by Gasteiger charge is -2.22. The lowest BCUT2D eigenvalue weighted by atomic mass is 9.92. The van der Waals surface area contributed by atoms with Gasteiger partial charge in [0.15, 0.2) is 0 Å². The molecule has 2 aromatic heterocycles. The molecule has 3 heterocycles. The Kier molecular flexibility index (Phi) is 5.97. The molecule has 1 saturated heterocycles. The summed E-state index contributed by atoms with van der Waals surface area (Å²) in [5.74, 6) is 0.757. The van der Waals surface area contributed by atoms with Gasteiger partial charge >= 0.3 is 0 Å². The van der Waals surface area contributed by atoms with Crippen molar-refractivity contribution in [1.82, 2.24) is 19.4 Å². The minimum Gasteiger partial charge on any atom is -0.339 e. The lowest BCUT2D eigenvalue weighted by molar-refractivity contribution is 0.0759. The molecule has 0 bridgehead atoms. The molecular weight excluding hydrogens is 396 g/mol. The van der Waals surface area contributed by atoms with Gasteiger partial charge < -0.3 is 9.47 Å². The predicted molar refractivity (Wildman–Crippen MR) is 126 cm³/mol. The normalized spacial score (nSPS) is 16.8. The van der Waals surface area contributed by atoms with Crippen LogP contribution in [0.3, 0.4) is 0 Å². The highest BCUT2D eigenvalue weighted by Gasteiger charge is 2.23. The Balaban J connectivity index is 1.25. The smallest absolute Gasteiger partial charge is 0.254 e. The molecule has 1 aliphatic rings. The summed E-state index contributed by atoms with van der Waals surface area (Å²) >= 11 is 0. The van der Waals surface area contributed by atoms with E-state index in [-0.39, 0.29) is 5.91 Å². The maximum absolute atomic E-state index is 13.4. The van der Waals surface area contributed by atoms with Gasteiger partial charge in [-0.15, -0.1) is 0 Å². The number of aromatic nitrogens is 3. The van der Waals surface area contributed by atoms with Crippen LogP contribution in [0.15, 0.2) is 79.6 Å². The Morgan fingerprint density at radius 1 is 0.969 bits per heavy atom.